The average Bonchev–Trinajstić information content (AvgIpc) is 3.01. The van der Waals surface area contributed by atoms with E-state index in [9.17, 15) is 9.59 Å². The fraction of sp³-hybridized carbons (Fsp3) is 0.667. The number of amides is 2. The van der Waals surface area contributed by atoms with Crippen molar-refractivity contribution in [3.63, 3.8) is 0 Å². The Kier molecular flexibility index (Phi) is 26.0. The predicted molar refractivity (Wildman–Crippen MR) is 191 cm³/mol. The molecule has 0 N–H and O–H groups in total. The zero-order valence-corrected chi connectivity index (χ0v) is 30.7. The van der Waals surface area contributed by atoms with Crippen molar-refractivity contribution in [3.8, 4) is 0 Å². The third-order valence-electron chi connectivity index (χ3n) is 8.47. The van der Waals surface area contributed by atoms with E-state index in [1.807, 2.05) is 24.5 Å². The summed E-state index contributed by atoms with van der Waals surface area (Å²) in [6.07, 6.45) is 34.0. The molecule has 43 heavy (non-hydrogen) atoms. The maximum absolute atomic E-state index is 12.1. The highest BCUT2D eigenvalue weighted by Gasteiger charge is 2.30. The topological polar surface area (TPSA) is 41.9 Å². The van der Waals surface area contributed by atoms with Gasteiger partial charge in [-0.3, -0.25) is 0 Å². The number of aromatic nitrogens is 2. The van der Waals surface area contributed by atoms with E-state index < -0.39 is 0 Å². The van der Waals surface area contributed by atoms with Crippen LogP contribution in [0.2, 0.25) is 0 Å². The smallest absolute Gasteiger partial charge is 0.233 e. The first-order valence-electron chi connectivity index (χ1n) is 16.9. The Labute approximate surface area is 284 Å². The van der Waals surface area contributed by atoms with E-state index in [4.69, 9.17) is 0 Å². The molecular formula is C36H62Br2N3O2+3. The molecule has 0 atom stereocenters. The van der Waals surface area contributed by atoms with Gasteiger partial charge in [-0.15, -0.1) is 34.0 Å². The van der Waals surface area contributed by atoms with Crippen molar-refractivity contribution >= 4 is 52.5 Å². The normalized spacial score (nSPS) is 11.0. The van der Waals surface area contributed by atoms with Crippen LogP contribution in [0.1, 0.15) is 135 Å². The van der Waals surface area contributed by atoms with E-state index in [0.29, 0.717) is 6.54 Å². The molecule has 0 aliphatic carbocycles. The molecule has 2 rings (SSSR count). The standard InChI is InChI=1S/C36H60N3O2.2BrH/c1-3-5-7-9-11-13-15-18-26-37-28-22-35(23-29-37)21-17-20-32-39(33-40,34-41)36-24-30-38(31-25-36)27-19-16-14-12-10-8-6-4-2;;/h22-25,28-31,33-34H,3-21,26-27,32H2,1-2H3;2*1H/q+3;;. The SMILES string of the molecule is Br.Br.CCCCCCCCCC[n+]1ccc(CCCC[N+](C=O)(C=O)c2cc[n+](CCCCCCCCCC)cc2)cc1. The molecule has 0 aliphatic rings. The quantitative estimate of drug-likeness (QED) is 0.0420. The van der Waals surface area contributed by atoms with Crippen molar-refractivity contribution in [2.45, 2.75) is 149 Å². The number of halogens is 2. The summed E-state index contributed by atoms with van der Waals surface area (Å²) in [6, 6.07) is 8.31. The van der Waals surface area contributed by atoms with E-state index in [1.54, 1.807) is 0 Å². The maximum Gasteiger partial charge on any atom is 0.313 e. The number of pyridine rings is 2. The van der Waals surface area contributed by atoms with Gasteiger partial charge in [-0.25, -0.2) is 18.7 Å². The first-order chi connectivity index (χ1) is 20.2. The zero-order valence-electron chi connectivity index (χ0n) is 27.3. The van der Waals surface area contributed by atoms with Gasteiger partial charge in [0.05, 0.1) is 18.7 Å². The van der Waals surface area contributed by atoms with Crippen LogP contribution in [0.15, 0.2) is 49.1 Å². The number of quaternary nitrogens is 1. The van der Waals surface area contributed by atoms with Crippen LogP contribution in [0.3, 0.4) is 0 Å². The van der Waals surface area contributed by atoms with Gasteiger partial charge in [0, 0.05) is 25.0 Å². The summed E-state index contributed by atoms with van der Waals surface area (Å²) >= 11 is 0. The molecular weight excluding hydrogens is 666 g/mol. The summed E-state index contributed by atoms with van der Waals surface area (Å²) < 4.78 is 4.20. The summed E-state index contributed by atoms with van der Waals surface area (Å²) in [4.78, 5) is 24.2. The Bertz CT molecular complexity index is 931. The number of rotatable bonds is 26. The molecule has 5 nitrogen and oxygen atoms in total. The number of aryl methyl sites for hydroxylation is 3. The van der Waals surface area contributed by atoms with Crippen molar-refractivity contribution in [2.75, 3.05) is 6.54 Å². The van der Waals surface area contributed by atoms with Crippen LogP contribution < -0.4 is 13.6 Å². The molecule has 0 radical (unpaired) electrons. The fourth-order valence-corrected chi connectivity index (χ4v) is 5.62. The highest BCUT2D eigenvalue weighted by molar-refractivity contribution is 8.93. The van der Waals surface area contributed by atoms with E-state index >= 15 is 0 Å². The van der Waals surface area contributed by atoms with E-state index in [1.165, 1.54) is 102 Å². The summed E-state index contributed by atoms with van der Waals surface area (Å²) in [6.45, 7) is 7.09. The third-order valence-corrected chi connectivity index (χ3v) is 8.47. The van der Waals surface area contributed by atoms with Crippen LogP contribution in [-0.4, -0.2) is 19.4 Å². The fourth-order valence-electron chi connectivity index (χ4n) is 5.62. The van der Waals surface area contributed by atoms with Crippen LogP contribution in [0.4, 0.5) is 5.69 Å². The highest BCUT2D eigenvalue weighted by atomic mass is 79.9. The van der Waals surface area contributed by atoms with Gasteiger partial charge in [0.2, 0.25) is 0 Å². The lowest BCUT2D eigenvalue weighted by atomic mass is 10.1. The van der Waals surface area contributed by atoms with Gasteiger partial charge < -0.3 is 0 Å². The lowest BCUT2D eigenvalue weighted by Crippen LogP contribution is -2.48. The minimum absolute atomic E-state index is 0. The molecule has 2 aromatic rings. The minimum Gasteiger partial charge on any atom is -0.233 e. The Hall–Kier alpha value is -1.44. The molecule has 0 bridgehead atoms. The lowest BCUT2D eigenvalue weighted by Gasteiger charge is -2.23. The number of unbranched alkanes of at least 4 members (excludes halogenated alkanes) is 15. The van der Waals surface area contributed by atoms with Crippen molar-refractivity contribution in [1.82, 2.24) is 4.48 Å². The number of hydrogen-bond acceptors (Lipinski definition) is 2. The second-order valence-corrected chi connectivity index (χ2v) is 12.0. The van der Waals surface area contributed by atoms with E-state index in [0.717, 1.165) is 57.3 Å². The molecule has 0 unspecified atom stereocenters. The van der Waals surface area contributed by atoms with Crippen molar-refractivity contribution in [1.29, 1.82) is 0 Å². The van der Waals surface area contributed by atoms with E-state index in [2.05, 4.69) is 47.5 Å². The largest absolute Gasteiger partial charge is 0.313 e. The summed E-state index contributed by atoms with van der Waals surface area (Å²) in [5.74, 6) is 0. The minimum atomic E-state index is -0.258. The molecule has 0 aromatic carbocycles. The first kappa shape index (κ1) is 41.6. The van der Waals surface area contributed by atoms with Gasteiger partial charge in [0.15, 0.2) is 30.5 Å². The second kappa shape index (κ2) is 26.9. The monoisotopic (exact) mass is 726 g/mol. The molecule has 0 fully saturated rings. The predicted octanol–water partition coefficient (Wildman–Crippen LogP) is 9.34. The molecule has 0 aliphatic heterocycles. The highest BCUT2D eigenvalue weighted by Crippen LogP contribution is 2.19. The first-order valence-corrected chi connectivity index (χ1v) is 16.9. The Morgan fingerprint density at radius 1 is 0.535 bits per heavy atom. The van der Waals surface area contributed by atoms with Gasteiger partial charge in [-0.1, -0.05) is 90.9 Å². The van der Waals surface area contributed by atoms with Crippen molar-refractivity contribution in [2.24, 2.45) is 0 Å². The maximum atomic E-state index is 12.1. The molecule has 7 heteroatoms. The molecule has 2 heterocycles. The number of imide groups is 1. The zero-order chi connectivity index (χ0) is 29.4. The summed E-state index contributed by atoms with van der Waals surface area (Å²) in [5.41, 5.74) is 2.07. The van der Waals surface area contributed by atoms with Gasteiger partial charge in [-0.05, 0) is 37.7 Å². The molecule has 2 aromatic heterocycles. The Morgan fingerprint density at radius 3 is 1.35 bits per heavy atom. The van der Waals surface area contributed by atoms with Gasteiger partial charge in [-0.2, -0.15) is 4.48 Å². The van der Waals surface area contributed by atoms with Crippen LogP contribution >= 0.6 is 34.0 Å². The second-order valence-electron chi connectivity index (χ2n) is 12.0. The summed E-state index contributed by atoms with van der Waals surface area (Å²) in [7, 11) is 0. The number of nitrogens with zero attached hydrogens (tertiary/aromatic N) is 3. The van der Waals surface area contributed by atoms with Gasteiger partial charge in [0.1, 0.15) is 13.1 Å². The summed E-state index contributed by atoms with van der Waals surface area (Å²) in [5, 5.41) is 0. The molecule has 0 spiro atoms. The number of carbonyl (C=O) groups is 2. The molecule has 0 saturated carbocycles. The Morgan fingerprint density at radius 2 is 0.930 bits per heavy atom. The van der Waals surface area contributed by atoms with E-state index in [-0.39, 0.29) is 38.4 Å². The number of carbonyl (C=O) groups excluding carboxylic acids is 2. The molecule has 0 saturated heterocycles. The average molecular weight is 729 g/mol. The molecule has 244 valence electrons. The van der Waals surface area contributed by atoms with Crippen LogP contribution in [0, 0.1) is 0 Å². The third kappa shape index (κ3) is 17.6. The van der Waals surface area contributed by atoms with Crippen molar-refractivity contribution in [3.05, 3.63) is 54.6 Å². The van der Waals surface area contributed by atoms with Gasteiger partial charge >= 0.3 is 12.8 Å². The number of hydrogen-bond donors (Lipinski definition) is 0. The lowest BCUT2D eigenvalue weighted by molar-refractivity contribution is -0.697. The van der Waals surface area contributed by atoms with Crippen molar-refractivity contribution < 1.29 is 18.7 Å². The van der Waals surface area contributed by atoms with Crippen LogP contribution in [0.25, 0.3) is 0 Å². The van der Waals surface area contributed by atoms with Crippen LogP contribution in [-0.2, 0) is 29.1 Å². The Balaban J connectivity index is 0.00000882. The van der Waals surface area contributed by atoms with Gasteiger partial charge in [0.25, 0.3) is 0 Å². The molecule has 2 amide bonds. The van der Waals surface area contributed by atoms with Crippen LogP contribution in [0.5, 0.6) is 0 Å².